The molecule has 1 aliphatic rings. The highest BCUT2D eigenvalue weighted by molar-refractivity contribution is 5.81. The molecule has 1 fully saturated rings. The van der Waals surface area contributed by atoms with Crippen LogP contribution in [0.25, 0.3) is 0 Å². The first-order valence-corrected chi connectivity index (χ1v) is 6.91. The average molecular weight is 270 g/mol. The quantitative estimate of drug-likeness (QED) is 0.837. The lowest BCUT2D eigenvalue weighted by Gasteiger charge is -2.42. The van der Waals surface area contributed by atoms with E-state index in [4.69, 9.17) is 5.11 Å². The third kappa shape index (κ3) is 4.11. The Bertz CT molecular complexity index is 349. The minimum Gasteiger partial charge on any atom is -0.480 e. The van der Waals surface area contributed by atoms with E-state index in [0.29, 0.717) is 18.4 Å². The fourth-order valence-corrected chi connectivity index (χ4v) is 2.33. The molecule has 0 bridgehead atoms. The largest absolute Gasteiger partial charge is 0.480 e. The van der Waals surface area contributed by atoms with Gasteiger partial charge in [-0.25, -0.2) is 4.79 Å². The maximum Gasteiger partial charge on any atom is 0.323 e. The highest BCUT2D eigenvalue weighted by Gasteiger charge is 2.34. The molecule has 0 aromatic heterocycles. The second kappa shape index (κ2) is 5.80. The molecule has 0 aliphatic carbocycles. The van der Waals surface area contributed by atoms with Crippen LogP contribution in [-0.4, -0.2) is 52.1 Å². The van der Waals surface area contributed by atoms with Gasteiger partial charge in [-0.05, 0) is 39.0 Å². The molecular weight excluding hydrogens is 244 g/mol. The molecule has 5 nitrogen and oxygen atoms in total. The number of piperidine rings is 1. The van der Waals surface area contributed by atoms with Crippen LogP contribution in [-0.2, 0) is 4.79 Å². The third-order valence-corrected chi connectivity index (χ3v) is 3.94. The van der Waals surface area contributed by atoms with Crippen LogP contribution < -0.4 is 0 Å². The van der Waals surface area contributed by atoms with Crippen molar-refractivity contribution in [2.45, 2.75) is 46.6 Å². The van der Waals surface area contributed by atoms with Crippen molar-refractivity contribution in [3.05, 3.63) is 0 Å². The van der Waals surface area contributed by atoms with Gasteiger partial charge in [-0.2, -0.15) is 0 Å². The van der Waals surface area contributed by atoms with Crippen LogP contribution in [0, 0.1) is 11.8 Å². The first kappa shape index (κ1) is 15.8. The molecule has 0 aromatic carbocycles. The lowest BCUT2D eigenvalue weighted by atomic mass is 9.89. The van der Waals surface area contributed by atoms with Crippen LogP contribution in [0.15, 0.2) is 0 Å². The summed E-state index contributed by atoms with van der Waals surface area (Å²) < 4.78 is 0. The number of urea groups is 1. The molecule has 1 aliphatic heterocycles. The van der Waals surface area contributed by atoms with Crippen LogP contribution in [0.4, 0.5) is 4.79 Å². The zero-order chi connectivity index (χ0) is 14.8. The number of aliphatic carboxylic acids is 1. The first-order valence-electron chi connectivity index (χ1n) is 6.91. The number of hydrogen-bond acceptors (Lipinski definition) is 2. The van der Waals surface area contributed by atoms with Crippen molar-refractivity contribution in [1.29, 1.82) is 0 Å². The molecular formula is C14H26N2O3. The summed E-state index contributed by atoms with van der Waals surface area (Å²) in [6.45, 7) is 11.1. The van der Waals surface area contributed by atoms with E-state index in [-0.39, 0.29) is 12.6 Å². The SMILES string of the molecule is CC1CCN(C(=O)N(CC(=O)O)C(C)(C)C)CC1C. The van der Waals surface area contributed by atoms with Crippen LogP contribution >= 0.6 is 0 Å². The predicted octanol–water partition coefficient (Wildman–Crippen LogP) is 2.27. The number of carboxylic acids is 1. The Kier molecular flexibility index (Phi) is 4.82. The smallest absolute Gasteiger partial charge is 0.323 e. The number of carbonyl (C=O) groups is 2. The molecule has 2 unspecified atom stereocenters. The fourth-order valence-electron chi connectivity index (χ4n) is 2.33. The molecule has 110 valence electrons. The normalized spacial score (nSPS) is 24.2. The lowest BCUT2D eigenvalue weighted by molar-refractivity contribution is -0.138. The van der Waals surface area contributed by atoms with Crippen molar-refractivity contribution in [2.24, 2.45) is 11.8 Å². The Balaban J connectivity index is 2.80. The Labute approximate surface area is 115 Å². The van der Waals surface area contributed by atoms with Crippen LogP contribution in [0.3, 0.4) is 0 Å². The van der Waals surface area contributed by atoms with Crippen molar-refractivity contribution >= 4 is 12.0 Å². The fraction of sp³-hybridized carbons (Fsp3) is 0.857. The van der Waals surface area contributed by atoms with Crippen molar-refractivity contribution in [2.75, 3.05) is 19.6 Å². The van der Waals surface area contributed by atoms with Gasteiger partial charge >= 0.3 is 12.0 Å². The molecule has 2 atom stereocenters. The number of carbonyl (C=O) groups excluding carboxylic acids is 1. The van der Waals surface area contributed by atoms with Crippen molar-refractivity contribution in [3.8, 4) is 0 Å². The summed E-state index contributed by atoms with van der Waals surface area (Å²) in [6, 6.07) is -0.159. The zero-order valence-corrected chi connectivity index (χ0v) is 12.6. The van der Waals surface area contributed by atoms with Gasteiger partial charge in [0, 0.05) is 18.6 Å². The summed E-state index contributed by atoms with van der Waals surface area (Å²) in [4.78, 5) is 26.7. The zero-order valence-electron chi connectivity index (χ0n) is 12.6. The Morgan fingerprint density at radius 1 is 1.26 bits per heavy atom. The first-order chi connectivity index (χ1) is 8.62. The topological polar surface area (TPSA) is 60.9 Å². The Morgan fingerprint density at radius 2 is 1.84 bits per heavy atom. The second-order valence-corrected chi connectivity index (χ2v) is 6.62. The van der Waals surface area contributed by atoms with Gasteiger partial charge in [-0.15, -0.1) is 0 Å². The van der Waals surface area contributed by atoms with Gasteiger partial charge < -0.3 is 14.9 Å². The highest BCUT2D eigenvalue weighted by Crippen LogP contribution is 2.25. The number of nitrogens with zero attached hydrogens (tertiary/aromatic N) is 2. The molecule has 1 saturated heterocycles. The van der Waals surface area contributed by atoms with E-state index in [9.17, 15) is 9.59 Å². The molecule has 2 amide bonds. The third-order valence-electron chi connectivity index (χ3n) is 3.94. The molecule has 1 N–H and O–H groups in total. The Hall–Kier alpha value is -1.26. The van der Waals surface area contributed by atoms with Crippen LogP contribution in [0.2, 0.25) is 0 Å². The minimum absolute atomic E-state index is 0.159. The number of amides is 2. The predicted molar refractivity (Wildman–Crippen MR) is 74.0 cm³/mol. The number of carboxylic acid groups (broad SMARTS) is 1. The summed E-state index contributed by atoms with van der Waals surface area (Å²) in [5.41, 5.74) is -0.484. The van der Waals surface area contributed by atoms with E-state index in [1.165, 1.54) is 4.90 Å². The summed E-state index contributed by atoms with van der Waals surface area (Å²) >= 11 is 0. The van der Waals surface area contributed by atoms with Gasteiger partial charge in [0.25, 0.3) is 0 Å². The van der Waals surface area contributed by atoms with Gasteiger partial charge in [0.2, 0.25) is 0 Å². The Morgan fingerprint density at radius 3 is 2.26 bits per heavy atom. The summed E-state index contributed by atoms with van der Waals surface area (Å²) in [5, 5.41) is 8.98. The molecule has 5 heteroatoms. The van der Waals surface area contributed by atoms with E-state index < -0.39 is 11.5 Å². The monoisotopic (exact) mass is 270 g/mol. The standard InChI is InChI=1S/C14H26N2O3/c1-10-6-7-15(8-11(10)2)13(19)16(9-12(17)18)14(3,4)5/h10-11H,6-9H2,1-5H3,(H,17,18). The molecule has 0 saturated carbocycles. The molecule has 0 radical (unpaired) electrons. The molecule has 1 rings (SSSR count). The maximum atomic E-state index is 12.5. The van der Waals surface area contributed by atoms with Crippen LogP contribution in [0.1, 0.15) is 41.0 Å². The summed E-state index contributed by atoms with van der Waals surface area (Å²) in [5.74, 6) is 0.109. The minimum atomic E-state index is -0.971. The van der Waals surface area contributed by atoms with E-state index in [0.717, 1.165) is 13.0 Å². The highest BCUT2D eigenvalue weighted by atomic mass is 16.4. The summed E-state index contributed by atoms with van der Waals surface area (Å²) in [6.07, 6.45) is 0.984. The van der Waals surface area contributed by atoms with Gasteiger partial charge in [0.15, 0.2) is 0 Å². The van der Waals surface area contributed by atoms with Gasteiger partial charge in [-0.1, -0.05) is 13.8 Å². The van der Waals surface area contributed by atoms with Crippen molar-refractivity contribution in [1.82, 2.24) is 9.80 Å². The average Bonchev–Trinajstić information content (AvgIpc) is 2.27. The molecule has 1 heterocycles. The maximum absolute atomic E-state index is 12.5. The number of rotatable bonds is 2. The van der Waals surface area contributed by atoms with E-state index in [1.807, 2.05) is 20.8 Å². The van der Waals surface area contributed by atoms with Crippen molar-refractivity contribution < 1.29 is 14.7 Å². The van der Waals surface area contributed by atoms with E-state index >= 15 is 0 Å². The number of likely N-dealkylation sites (tertiary alicyclic amines) is 1. The van der Waals surface area contributed by atoms with Gasteiger partial charge in [-0.3, -0.25) is 4.79 Å². The lowest BCUT2D eigenvalue weighted by Crippen LogP contribution is -2.56. The van der Waals surface area contributed by atoms with Crippen LogP contribution in [0.5, 0.6) is 0 Å². The molecule has 0 aromatic rings. The summed E-state index contributed by atoms with van der Waals surface area (Å²) in [7, 11) is 0. The number of hydrogen-bond donors (Lipinski definition) is 1. The van der Waals surface area contributed by atoms with E-state index in [2.05, 4.69) is 13.8 Å². The van der Waals surface area contributed by atoms with Gasteiger partial charge in [0.1, 0.15) is 6.54 Å². The van der Waals surface area contributed by atoms with Crippen molar-refractivity contribution in [3.63, 3.8) is 0 Å². The second-order valence-electron chi connectivity index (χ2n) is 6.62. The van der Waals surface area contributed by atoms with Gasteiger partial charge in [0.05, 0.1) is 0 Å². The molecule has 19 heavy (non-hydrogen) atoms. The molecule has 0 spiro atoms. The van der Waals surface area contributed by atoms with E-state index in [1.54, 1.807) is 4.90 Å².